The Morgan fingerprint density at radius 3 is 3.00 bits per heavy atom. The lowest BCUT2D eigenvalue weighted by Gasteiger charge is -2.32. The molecule has 1 fully saturated rings. The average molecular weight is 187 g/mol. The third-order valence-electron chi connectivity index (χ3n) is 2.68. The Balaban J connectivity index is 2.05. The second-order valence-corrected chi connectivity index (χ2v) is 3.78. The summed E-state index contributed by atoms with van der Waals surface area (Å²) < 4.78 is 5.48. The molecule has 0 aliphatic carbocycles. The fourth-order valence-electron chi connectivity index (χ4n) is 1.74. The molecule has 0 aromatic carbocycles. The number of ether oxygens (including phenoxy) is 1. The van der Waals surface area contributed by atoms with Gasteiger partial charge in [0.1, 0.15) is 0 Å². The van der Waals surface area contributed by atoms with E-state index in [0.717, 1.165) is 13.0 Å². The van der Waals surface area contributed by atoms with E-state index in [2.05, 4.69) is 11.9 Å². The number of hydrogen-bond acceptors (Lipinski definition) is 3. The molecule has 1 N–H and O–H groups in total. The van der Waals surface area contributed by atoms with Crippen molar-refractivity contribution in [3.05, 3.63) is 0 Å². The maximum atomic E-state index is 8.56. The van der Waals surface area contributed by atoms with Crippen molar-refractivity contribution >= 4 is 0 Å². The van der Waals surface area contributed by atoms with Crippen LogP contribution in [0.5, 0.6) is 0 Å². The first-order valence-electron chi connectivity index (χ1n) is 5.23. The van der Waals surface area contributed by atoms with Crippen molar-refractivity contribution in [2.45, 2.75) is 31.7 Å². The van der Waals surface area contributed by atoms with Crippen molar-refractivity contribution in [3.63, 3.8) is 0 Å². The standard InChI is InChI=1S/C10H21NO2/c1-11-6-3-2-5-10(11)9-13-8-4-7-12/h10,12H,2-9H2,1H3. The van der Waals surface area contributed by atoms with Crippen molar-refractivity contribution in [3.8, 4) is 0 Å². The van der Waals surface area contributed by atoms with E-state index in [0.29, 0.717) is 12.6 Å². The average Bonchev–Trinajstić information content (AvgIpc) is 2.15. The highest BCUT2D eigenvalue weighted by molar-refractivity contribution is 4.73. The van der Waals surface area contributed by atoms with Crippen LogP contribution in [-0.2, 0) is 4.74 Å². The molecule has 3 heteroatoms. The monoisotopic (exact) mass is 187 g/mol. The molecule has 0 amide bonds. The van der Waals surface area contributed by atoms with Gasteiger partial charge < -0.3 is 14.7 Å². The molecule has 0 aromatic heterocycles. The predicted molar refractivity (Wildman–Crippen MR) is 52.8 cm³/mol. The van der Waals surface area contributed by atoms with Gasteiger partial charge in [-0.05, 0) is 32.9 Å². The van der Waals surface area contributed by atoms with E-state index < -0.39 is 0 Å². The van der Waals surface area contributed by atoms with Gasteiger partial charge in [0.15, 0.2) is 0 Å². The van der Waals surface area contributed by atoms with E-state index in [1.165, 1.54) is 25.8 Å². The van der Waals surface area contributed by atoms with Crippen LogP contribution < -0.4 is 0 Å². The van der Waals surface area contributed by atoms with Crippen LogP contribution in [0.1, 0.15) is 25.7 Å². The van der Waals surface area contributed by atoms with Gasteiger partial charge in [0.05, 0.1) is 6.61 Å². The highest BCUT2D eigenvalue weighted by atomic mass is 16.5. The molecule has 0 radical (unpaired) electrons. The summed E-state index contributed by atoms with van der Waals surface area (Å²) in [6.07, 6.45) is 4.67. The molecule has 0 aromatic rings. The number of rotatable bonds is 5. The smallest absolute Gasteiger partial charge is 0.0621 e. The van der Waals surface area contributed by atoms with Crippen molar-refractivity contribution in [2.75, 3.05) is 33.4 Å². The van der Waals surface area contributed by atoms with E-state index in [1.807, 2.05) is 0 Å². The topological polar surface area (TPSA) is 32.7 Å². The summed E-state index contributed by atoms with van der Waals surface area (Å²) >= 11 is 0. The zero-order valence-corrected chi connectivity index (χ0v) is 8.54. The van der Waals surface area contributed by atoms with E-state index in [-0.39, 0.29) is 6.61 Å². The summed E-state index contributed by atoms with van der Waals surface area (Å²) in [5.74, 6) is 0. The molecule has 78 valence electrons. The first kappa shape index (κ1) is 11.0. The first-order chi connectivity index (χ1) is 6.34. The fraction of sp³-hybridized carbons (Fsp3) is 1.00. The summed E-state index contributed by atoms with van der Waals surface area (Å²) in [6.45, 7) is 2.96. The number of aliphatic hydroxyl groups is 1. The third-order valence-corrected chi connectivity index (χ3v) is 2.68. The zero-order chi connectivity index (χ0) is 9.52. The molecule has 1 rings (SSSR count). The number of piperidine rings is 1. The lowest BCUT2D eigenvalue weighted by molar-refractivity contribution is 0.0467. The molecule has 1 unspecified atom stereocenters. The minimum Gasteiger partial charge on any atom is -0.396 e. The first-order valence-corrected chi connectivity index (χ1v) is 5.23. The van der Waals surface area contributed by atoms with Crippen LogP contribution in [0.2, 0.25) is 0 Å². The number of aliphatic hydroxyl groups excluding tert-OH is 1. The minimum atomic E-state index is 0.237. The Morgan fingerprint density at radius 1 is 1.46 bits per heavy atom. The van der Waals surface area contributed by atoms with Crippen LogP contribution in [0.4, 0.5) is 0 Å². The van der Waals surface area contributed by atoms with Gasteiger partial charge in [-0.1, -0.05) is 6.42 Å². The van der Waals surface area contributed by atoms with Crippen LogP contribution in [0.15, 0.2) is 0 Å². The fourth-order valence-corrected chi connectivity index (χ4v) is 1.74. The zero-order valence-electron chi connectivity index (χ0n) is 8.54. The van der Waals surface area contributed by atoms with Crippen LogP contribution >= 0.6 is 0 Å². The normalized spacial score (nSPS) is 24.9. The number of hydrogen-bond donors (Lipinski definition) is 1. The molecular weight excluding hydrogens is 166 g/mol. The molecule has 1 aliphatic rings. The summed E-state index contributed by atoms with van der Waals surface area (Å²) in [7, 11) is 2.17. The molecule has 3 nitrogen and oxygen atoms in total. The van der Waals surface area contributed by atoms with Gasteiger partial charge in [0, 0.05) is 19.3 Å². The van der Waals surface area contributed by atoms with Crippen molar-refractivity contribution in [1.82, 2.24) is 4.90 Å². The molecule has 0 saturated carbocycles. The van der Waals surface area contributed by atoms with E-state index >= 15 is 0 Å². The van der Waals surface area contributed by atoms with Gasteiger partial charge in [-0.2, -0.15) is 0 Å². The largest absolute Gasteiger partial charge is 0.396 e. The molecular formula is C10H21NO2. The molecule has 13 heavy (non-hydrogen) atoms. The lowest BCUT2D eigenvalue weighted by atomic mass is 10.0. The van der Waals surface area contributed by atoms with Crippen LogP contribution in [-0.4, -0.2) is 49.5 Å². The third kappa shape index (κ3) is 4.07. The second kappa shape index (κ2) is 6.35. The second-order valence-electron chi connectivity index (χ2n) is 3.78. The summed E-state index contributed by atoms with van der Waals surface area (Å²) in [6, 6.07) is 0.604. The van der Waals surface area contributed by atoms with Crippen LogP contribution in [0.25, 0.3) is 0 Å². The Hall–Kier alpha value is -0.120. The predicted octanol–water partition coefficient (Wildman–Crippen LogP) is 0.870. The van der Waals surface area contributed by atoms with E-state index in [4.69, 9.17) is 9.84 Å². The highest BCUT2D eigenvalue weighted by Gasteiger charge is 2.18. The Kier molecular flexibility index (Phi) is 5.35. The van der Waals surface area contributed by atoms with Crippen molar-refractivity contribution in [2.24, 2.45) is 0 Å². The number of likely N-dealkylation sites (N-methyl/N-ethyl adjacent to an activating group) is 1. The quantitative estimate of drug-likeness (QED) is 0.648. The lowest BCUT2D eigenvalue weighted by Crippen LogP contribution is -2.39. The summed E-state index contributed by atoms with van der Waals surface area (Å²) in [4.78, 5) is 2.38. The summed E-state index contributed by atoms with van der Waals surface area (Å²) in [5, 5.41) is 8.56. The highest BCUT2D eigenvalue weighted by Crippen LogP contribution is 2.14. The van der Waals surface area contributed by atoms with Crippen LogP contribution in [0.3, 0.4) is 0 Å². The minimum absolute atomic E-state index is 0.237. The maximum Gasteiger partial charge on any atom is 0.0621 e. The van der Waals surface area contributed by atoms with Crippen LogP contribution in [0, 0.1) is 0 Å². The van der Waals surface area contributed by atoms with E-state index in [1.54, 1.807) is 0 Å². The Labute approximate surface area is 80.7 Å². The number of nitrogens with zero attached hydrogens (tertiary/aromatic N) is 1. The molecule has 0 spiro atoms. The van der Waals surface area contributed by atoms with Crippen molar-refractivity contribution in [1.29, 1.82) is 0 Å². The Morgan fingerprint density at radius 2 is 2.31 bits per heavy atom. The Bertz CT molecular complexity index is 130. The van der Waals surface area contributed by atoms with Gasteiger partial charge in [0.2, 0.25) is 0 Å². The van der Waals surface area contributed by atoms with E-state index in [9.17, 15) is 0 Å². The molecule has 1 atom stereocenters. The number of likely N-dealkylation sites (tertiary alicyclic amines) is 1. The van der Waals surface area contributed by atoms with Crippen molar-refractivity contribution < 1.29 is 9.84 Å². The van der Waals surface area contributed by atoms with Gasteiger partial charge in [-0.15, -0.1) is 0 Å². The summed E-state index contributed by atoms with van der Waals surface area (Å²) in [5.41, 5.74) is 0. The van der Waals surface area contributed by atoms with Gasteiger partial charge in [-0.25, -0.2) is 0 Å². The molecule has 1 aliphatic heterocycles. The van der Waals surface area contributed by atoms with Gasteiger partial charge >= 0.3 is 0 Å². The maximum absolute atomic E-state index is 8.56. The molecule has 1 saturated heterocycles. The molecule has 1 heterocycles. The molecule has 0 bridgehead atoms. The van der Waals surface area contributed by atoms with Gasteiger partial charge in [0.25, 0.3) is 0 Å². The van der Waals surface area contributed by atoms with Gasteiger partial charge in [-0.3, -0.25) is 0 Å². The SMILES string of the molecule is CN1CCCCC1COCCCO.